The molecule has 0 amide bonds. The fraction of sp³-hybridized carbons (Fsp3) is 0.120. The van der Waals surface area contributed by atoms with Gasteiger partial charge < -0.3 is 4.74 Å². The van der Waals surface area contributed by atoms with E-state index in [1.54, 1.807) is 30.5 Å². The van der Waals surface area contributed by atoms with Crippen molar-refractivity contribution >= 4 is 23.2 Å². The standard InChI is InChI=1S/C25H18Cl2N4O/c26-20-9-5-18(6-10-20)23-24(19-7-11-21(27)12-8-19)31-25(22(15-28)30-23)32-14-2-4-17-3-1-13-29-16-17/h1,3,5-13,16H,2,4,14H2. The minimum Gasteiger partial charge on any atom is -0.476 e. The Morgan fingerprint density at radius 1 is 0.844 bits per heavy atom. The Morgan fingerprint density at radius 3 is 2.03 bits per heavy atom. The molecule has 7 heteroatoms. The van der Waals surface area contributed by atoms with Gasteiger partial charge in [0.05, 0.1) is 12.3 Å². The lowest BCUT2D eigenvalue weighted by Gasteiger charge is -2.13. The zero-order chi connectivity index (χ0) is 22.3. The second-order valence-electron chi connectivity index (χ2n) is 7.01. The summed E-state index contributed by atoms with van der Waals surface area (Å²) in [4.78, 5) is 13.4. The summed E-state index contributed by atoms with van der Waals surface area (Å²) in [7, 11) is 0. The van der Waals surface area contributed by atoms with E-state index in [9.17, 15) is 5.26 Å². The molecule has 0 spiro atoms. The van der Waals surface area contributed by atoms with Crippen LogP contribution in [-0.2, 0) is 6.42 Å². The summed E-state index contributed by atoms with van der Waals surface area (Å²) in [6.07, 6.45) is 5.15. The summed E-state index contributed by atoms with van der Waals surface area (Å²) < 4.78 is 5.88. The summed E-state index contributed by atoms with van der Waals surface area (Å²) in [5, 5.41) is 10.9. The molecule has 158 valence electrons. The zero-order valence-electron chi connectivity index (χ0n) is 17.0. The van der Waals surface area contributed by atoms with Gasteiger partial charge in [-0.25, -0.2) is 9.97 Å². The van der Waals surface area contributed by atoms with Crippen LogP contribution < -0.4 is 4.74 Å². The highest BCUT2D eigenvalue weighted by Gasteiger charge is 2.18. The predicted molar refractivity (Wildman–Crippen MR) is 126 cm³/mol. The Balaban J connectivity index is 1.66. The smallest absolute Gasteiger partial charge is 0.251 e. The SMILES string of the molecule is N#Cc1nc(-c2ccc(Cl)cc2)c(-c2ccc(Cl)cc2)nc1OCCCc1cccnc1. The van der Waals surface area contributed by atoms with Gasteiger partial charge >= 0.3 is 0 Å². The summed E-state index contributed by atoms with van der Waals surface area (Å²) in [5.41, 5.74) is 4.05. The first kappa shape index (κ1) is 21.8. The molecule has 0 aliphatic carbocycles. The molecule has 0 aliphatic rings. The maximum Gasteiger partial charge on any atom is 0.251 e. The average molecular weight is 461 g/mol. The first-order valence-electron chi connectivity index (χ1n) is 10.00. The third kappa shape index (κ3) is 5.23. The number of pyridine rings is 1. The number of aromatic nitrogens is 3. The van der Waals surface area contributed by atoms with E-state index in [1.165, 1.54) is 0 Å². The van der Waals surface area contributed by atoms with Crippen LogP contribution in [0.2, 0.25) is 10.0 Å². The van der Waals surface area contributed by atoms with Crippen LogP contribution in [0.5, 0.6) is 5.88 Å². The molecule has 32 heavy (non-hydrogen) atoms. The molecule has 2 aromatic heterocycles. The average Bonchev–Trinajstić information content (AvgIpc) is 2.83. The molecule has 0 N–H and O–H groups in total. The Bertz CT molecular complexity index is 1240. The highest BCUT2D eigenvalue weighted by molar-refractivity contribution is 6.31. The normalized spacial score (nSPS) is 10.5. The van der Waals surface area contributed by atoms with E-state index in [0.717, 1.165) is 29.5 Å². The number of nitrogens with zero attached hydrogens (tertiary/aromatic N) is 4. The van der Waals surface area contributed by atoms with Crippen molar-refractivity contribution < 1.29 is 4.74 Å². The van der Waals surface area contributed by atoms with Crippen LogP contribution in [0.25, 0.3) is 22.5 Å². The lowest BCUT2D eigenvalue weighted by molar-refractivity contribution is 0.297. The molecule has 0 saturated carbocycles. The lowest BCUT2D eigenvalue weighted by Crippen LogP contribution is -2.06. The highest BCUT2D eigenvalue weighted by Crippen LogP contribution is 2.33. The Labute approximate surface area is 196 Å². The molecule has 0 atom stereocenters. The number of ether oxygens (including phenoxy) is 1. The summed E-state index contributed by atoms with van der Waals surface area (Å²) in [6, 6.07) is 20.6. The van der Waals surface area contributed by atoms with Gasteiger partial charge in [-0.1, -0.05) is 53.5 Å². The molecule has 0 unspecified atom stereocenters. The van der Waals surface area contributed by atoms with E-state index in [0.29, 0.717) is 28.0 Å². The van der Waals surface area contributed by atoms with Crippen LogP contribution in [0.4, 0.5) is 0 Å². The highest BCUT2D eigenvalue weighted by atomic mass is 35.5. The largest absolute Gasteiger partial charge is 0.476 e. The molecule has 5 nitrogen and oxygen atoms in total. The minimum absolute atomic E-state index is 0.133. The van der Waals surface area contributed by atoms with Crippen LogP contribution in [0, 0.1) is 11.3 Å². The number of benzene rings is 2. The molecule has 0 bridgehead atoms. The molecular formula is C25H18Cl2N4O. The van der Waals surface area contributed by atoms with E-state index in [-0.39, 0.29) is 11.6 Å². The van der Waals surface area contributed by atoms with E-state index < -0.39 is 0 Å². The van der Waals surface area contributed by atoms with Gasteiger partial charge in [-0.15, -0.1) is 0 Å². The van der Waals surface area contributed by atoms with Gasteiger partial charge in [0.25, 0.3) is 5.88 Å². The van der Waals surface area contributed by atoms with Crippen molar-refractivity contribution in [2.75, 3.05) is 6.61 Å². The number of nitriles is 1. The molecule has 4 aromatic rings. The third-order valence-corrected chi connectivity index (χ3v) is 5.28. The fourth-order valence-electron chi connectivity index (χ4n) is 3.20. The summed E-state index contributed by atoms with van der Waals surface area (Å²) >= 11 is 12.1. The van der Waals surface area contributed by atoms with Crippen molar-refractivity contribution in [3.8, 4) is 34.5 Å². The Kier molecular flexibility index (Phi) is 6.96. The van der Waals surface area contributed by atoms with Crippen LogP contribution >= 0.6 is 23.2 Å². The number of rotatable bonds is 7. The van der Waals surface area contributed by atoms with Crippen molar-refractivity contribution in [2.24, 2.45) is 0 Å². The van der Waals surface area contributed by atoms with E-state index in [4.69, 9.17) is 32.9 Å². The molecule has 0 aliphatic heterocycles. The maximum absolute atomic E-state index is 9.69. The van der Waals surface area contributed by atoms with Crippen molar-refractivity contribution in [3.05, 3.63) is 94.4 Å². The molecule has 0 fully saturated rings. The summed E-state index contributed by atoms with van der Waals surface area (Å²) in [5.74, 6) is 0.210. The fourth-order valence-corrected chi connectivity index (χ4v) is 3.45. The van der Waals surface area contributed by atoms with Gasteiger partial charge in [0.15, 0.2) is 0 Å². The summed E-state index contributed by atoms with van der Waals surface area (Å²) in [6.45, 7) is 0.401. The lowest BCUT2D eigenvalue weighted by atomic mass is 10.0. The first-order chi connectivity index (χ1) is 15.6. The minimum atomic E-state index is 0.133. The number of hydrogen-bond acceptors (Lipinski definition) is 5. The van der Waals surface area contributed by atoms with Crippen molar-refractivity contribution in [2.45, 2.75) is 12.8 Å². The Hall–Kier alpha value is -3.46. The molecule has 0 radical (unpaired) electrons. The molecule has 2 heterocycles. The molecule has 0 saturated heterocycles. The van der Waals surface area contributed by atoms with Gasteiger partial charge in [-0.05, 0) is 48.7 Å². The first-order valence-corrected chi connectivity index (χ1v) is 10.8. The van der Waals surface area contributed by atoms with Gasteiger partial charge in [-0.3, -0.25) is 4.98 Å². The number of aryl methyl sites for hydroxylation is 1. The van der Waals surface area contributed by atoms with E-state index >= 15 is 0 Å². The van der Waals surface area contributed by atoms with Crippen LogP contribution in [-0.4, -0.2) is 21.6 Å². The Morgan fingerprint density at radius 2 is 1.47 bits per heavy atom. The third-order valence-electron chi connectivity index (χ3n) is 4.78. The van der Waals surface area contributed by atoms with Gasteiger partial charge in [-0.2, -0.15) is 5.26 Å². The van der Waals surface area contributed by atoms with Gasteiger partial charge in [0, 0.05) is 33.6 Å². The molecule has 2 aromatic carbocycles. The number of halogens is 2. The van der Waals surface area contributed by atoms with Crippen LogP contribution in [0.3, 0.4) is 0 Å². The maximum atomic E-state index is 9.69. The second-order valence-corrected chi connectivity index (χ2v) is 7.89. The van der Waals surface area contributed by atoms with E-state index in [2.05, 4.69) is 16.0 Å². The van der Waals surface area contributed by atoms with E-state index in [1.807, 2.05) is 42.6 Å². The molecule has 4 rings (SSSR count). The monoisotopic (exact) mass is 460 g/mol. The molecular weight excluding hydrogens is 443 g/mol. The van der Waals surface area contributed by atoms with Gasteiger partial charge in [0.2, 0.25) is 5.69 Å². The van der Waals surface area contributed by atoms with Gasteiger partial charge in [0.1, 0.15) is 11.8 Å². The second kappa shape index (κ2) is 10.2. The van der Waals surface area contributed by atoms with Crippen molar-refractivity contribution in [3.63, 3.8) is 0 Å². The predicted octanol–water partition coefficient (Wildman–Crippen LogP) is 6.40. The quantitative estimate of drug-likeness (QED) is 0.298. The number of hydrogen-bond donors (Lipinski definition) is 0. The van der Waals surface area contributed by atoms with Crippen molar-refractivity contribution in [1.82, 2.24) is 15.0 Å². The van der Waals surface area contributed by atoms with Crippen LogP contribution in [0.1, 0.15) is 17.7 Å². The van der Waals surface area contributed by atoms with Crippen LogP contribution in [0.15, 0.2) is 73.1 Å². The zero-order valence-corrected chi connectivity index (χ0v) is 18.5. The topological polar surface area (TPSA) is 71.7 Å². The van der Waals surface area contributed by atoms with Crippen molar-refractivity contribution in [1.29, 1.82) is 5.26 Å².